The van der Waals surface area contributed by atoms with Crippen molar-refractivity contribution in [3.63, 3.8) is 0 Å². The average molecular weight is 408 g/mol. The Hall–Kier alpha value is -0.637. The fraction of sp³-hybridized carbons (Fsp3) is 0.143. The van der Waals surface area contributed by atoms with E-state index in [4.69, 9.17) is 10.2 Å². The van der Waals surface area contributed by atoms with Crippen molar-refractivity contribution in [3.05, 3.63) is 60.7 Å². The molecule has 0 bridgehead atoms. The average Bonchev–Trinajstić information content (AvgIpc) is 2.57. The van der Waals surface area contributed by atoms with Crippen molar-refractivity contribution in [1.29, 1.82) is 0 Å². The maximum absolute atomic E-state index is 11.0. The molecule has 0 aliphatic carbocycles. The molecule has 23 heavy (non-hydrogen) atoms. The van der Waals surface area contributed by atoms with Crippen molar-refractivity contribution < 1.29 is 48.6 Å². The van der Waals surface area contributed by atoms with E-state index in [0.717, 1.165) is 0 Å². The summed E-state index contributed by atoms with van der Waals surface area (Å²) in [6.45, 7) is 0. The van der Waals surface area contributed by atoms with Gasteiger partial charge in [0.05, 0.1) is 27.4 Å². The first kappa shape index (κ1) is 22.4. The van der Waals surface area contributed by atoms with Crippen LogP contribution in [-0.2, 0) is 28.6 Å². The Morgan fingerprint density at radius 1 is 0.696 bits per heavy atom. The van der Waals surface area contributed by atoms with Gasteiger partial charge in [-0.1, -0.05) is 60.7 Å². The zero-order valence-electron chi connectivity index (χ0n) is 12.3. The van der Waals surface area contributed by atoms with Crippen molar-refractivity contribution in [1.82, 2.24) is 0 Å². The van der Waals surface area contributed by atoms with Gasteiger partial charge >= 0.3 is 19.5 Å². The van der Waals surface area contributed by atoms with Gasteiger partial charge in [-0.15, -0.1) is 0 Å². The molecule has 2 unspecified atom stereocenters. The van der Waals surface area contributed by atoms with Crippen LogP contribution in [0.25, 0.3) is 0 Å². The molecule has 2 atom stereocenters. The molecule has 2 aromatic carbocycles. The van der Waals surface area contributed by atoms with Crippen LogP contribution in [-0.4, -0.2) is 22.9 Å². The molecule has 0 aromatic heterocycles. The fourth-order valence-corrected chi connectivity index (χ4v) is 3.05. The van der Waals surface area contributed by atoms with Gasteiger partial charge in [0.2, 0.25) is 0 Å². The summed E-state index contributed by atoms with van der Waals surface area (Å²) in [7, 11) is -7.44. The molecular formula is C14H16O6P2Zn. The van der Waals surface area contributed by atoms with E-state index < -0.39 is 27.4 Å². The predicted octanol–water partition coefficient (Wildman–Crippen LogP) is -0.202. The van der Waals surface area contributed by atoms with E-state index in [0.29, 0.717) is 0 Å². The van der Waals surface area contributed by atoms with E-state index >= 15 is 0 Å². The van der Waals surface area contributed by atoms with Gasteiger partial charge in [0.15, 0.2) is 0 Å². The molecule has 0 saturated heterocycles. The van der Waals surface area contributed by atoms with E-state index in [1.807, 2.05) is 0 Å². The van der Waals surface area contributed by atoms with Crippen molar-refractivity contribution in [3.8, 4) is 0 Å². The molecule has 0 aliphatic rings. The molecule has 0 radical (unpaired) electrons. The van der Waals surface area contributed by atoms with Gasteiger partial charge in [0, 0.05) is 10.6 Å². The Morgan fingerprint density at radius 2 is 0.957 bits per heavy atom. The van der Waals surface area contributed by atoms with E-state index in [2.05, 4.69) is 0 Å². The summed E-state index contributed by atoms with van der Waals surface area (Å²) in [5, 5.41) is 17.3. The van der Waals surface area contributed by atoms with Gasteiger partial charge in [-0.25, -0.2) is 0 Å². The minimum absolute atomic E-state index is 0. The smallest absolute Gasteiger partial charge is 0.794 e. The SMILES string of the molecule is O=P([O-])(CO)c1ccccc1.O=P([O-])(CO)c1ccccc1.[Zn+2]. The molecule has 0 amide bonds. The monoisotopic (exact) mass is 406 g/mol. The molecule has 6 nitrogen and oxygen atoms in total. The fourth-order valence-electron chi connectivity index (χ4n) is 1.47. The standard InChI is InChI=1S/2C7H9O3P.Zn/c2*8-6-11(9,10)7-4-2-1-3-5-7;/h2*1-5,8H,6H2,(H,9,10);/q;;+2/p-2. The molecule has 0 saturated carbocycles. The van der Waals surface area contributed by atoms with Gasteiger partial charge in [-0.3, -0.25) is 0 Å². The zero-order chi connectivity index (χ0) is 16.6. The van der Waals surface area contributed by atoms with Gasteiger partial charge in [0.1, 0.15) is 0 Å². The van der Waals surface area contributed by atoms with Gasteiger partial charge < -0.3 is 29.1 Å². The molecule has 2 N–H and O–H groups in total. The summed E-state index contributed by atoms with van der Waals surface area (Å²) in [6.07, 6.45) is -1.62. The molecular weight excluding hydrogens is 391 g/mol. The molecule has 0 spiro atoms. The van der Waals surface area contributed by atoms with Crippen LogP contribution in [0.1, 0.15) is 0 Å². The second-order valence-corrected chi connectivity index (χ2v) is 8.59. The number of aliphatic hydroxyl groups is 2. The van der Waals surface area contributed by atoms with E-state index in [1.54, 1.807) is 36.4 Å². The number of rotatable bonds is 4. The number of aliphatic hydroxyl groups excluding tert-OH is 2. The van der Waals surface area contributed by atoms with Crippen LogP contribution in [0.5, 0.6) is 0 Å². The third kappa shape index (κ3) is 7.20. The Kier molecular flexibility index (Phi) is 9.99. The molecule has 0 fully saturated rings. The molecule has 9 heteroatoms. The van der Waals surface area contributed by atoms with Crippen molar-refractivity contribution in [2.45, 2.75) is 0 Å². The van der Waals surface area contributed by atoms with Gasteiger partial charge in [-0.05, 0) is 0 Å². The number of hydrogen-bond donors (Lipinski definition) is 2. The minimum Gasteiger partial charge on any atom is -0.794 e. The van der Waals surface area contributed by atoms with Crippen LogP contribution in [0, 0.1) is 0 Å². The maximum atomic E-state index is 11.0. The van der Waals surface area contributed by atoms with Crippen LogP contribution in [0.4, 0.5) is 0 Å². The minimum atomic E-state index is -3.72. The Labute approximate surface area is 147 Å². The Bertz CT molecular complexity index is 606. The van der Waals surface area contributed by atoms with Crippen LogP contribution < -0.4 is 20.4 Å². The Balaban J connectivity index is 0.000000403. The van der Waals surface area contributed by atoms with Crippen molar-refractivity contribution >= 4 is 25.3 Å². The second-order valence-electron chi connectivity index (χ2n) is 4.30. The number of benzene rings is 2. The molecule has 0 heterocycles. The maximum Gasteiger partial charge on any atom is 2.00 e. The topological polar surface area (TPSA) is 121 Å². The van der Waals surface area contributed by atoms with E-state index in [1.165, 1.54) is 24.3 Å². The van der Waals surface area contributed by atoms with Gasteiger partial charge in [-0.2, -0.15) is 0 Å². The first-order valence-corrected chi connectivity index (χ1v) is 9.88. The van der Waals surface area contributed by atoms with E-state index in [9.17, 15) is 18.9 Å². The summed E-state index contributed by atoms with van der Waals surface area (Å²) in [6, 6.07) is 15.8. The summed E-state index contributed by atoms with van der Waals surface area (Å²) >= 11 is 0. The molecule has 120 valence electrons. The second kappa shape index (κ2) is 10.3. The van der Waals surface area contributed by atoms with Crippen LogP contribution in [0.2, 0.25) is 0 Å². The first-order chi connectivity index (χ1) is 10.3. The van der Waals surface area contributed by atoms with Crippen LogP contribution >= 0.6 is 14.7 Å². The summed E-state index contributed by atoms with van der Waals surface area (Å²) in [4.78, 5) is 22.0. The van der Waals surface area contributed by atoms with Crippen LogP contribution in [0.3, 0.4) is 0 Å². The summed E-state index contributed by atoms with van der Waals surface area (Å²) < 4.78 is 22.0. The van der Waals surface area contributed by atoms with E-state index in [-0.39, 0.29) is 30.1 Å². The summed E-state index contributed by atoms with van der Waals surface area (Å²) in [5.41, 5.74) is 0. The predicted molar refractivity (Wildman–Crippen MR) is 81.5 cm³/mol. The third-order valence-electron chi connectivity index (χ3n) is 2.67. The van der Waals surface area contributed by atoms with Gasteiger partial charge in [0.25, 0.3) is 0 Å². The third-order valence-corrected chi connectivity index (χ3v) is 5.59. The number of hydrogen-bond acceptors (Lipinski definition) is 6. The van der Waals surface area contributed by atoms with Crippen molar-refractivity contribution in [2.75, 3.05) is 12.7 Å². The quantitative estimate of drug-likeness (QED) is 0.535. The molecule has 2 aromatic rings. The normalized spacial score (nSPS) is 15.1. The van der Waals surface area contributed by atoms with Crippen molar-refractivity contribution in [2.24, 2.45) is 0 Å². The zero-order valence-corrected chi connectivity index (χ0v) is 17.1. The van der Waals surface area contributed by atoms with Crippen LogP contribution in [0.15, 0.2) is 60.7 Å². The molecule has 2 rings (SSSR count). The Morgan fingerprint density at radius 3 is 1.17 bits per heavy atom. The first-order valence-electron chi connectivity index (χ1n) is 6.26. The summed E-state index contributed by atoms with van der Waals surface area (Å²) in [5.74, 6) is 0. The molecule has 0 aliphatic heterocycles. The largest absolute Gasteiger partial charge is 2.00 e.